The van der Waals surface area contributed by atoms with Crippen molar-refractivity contribution in [1.29, 1.82) is 0 Å². The minimum Gasteiger partial charge on any atom is -0.376 e. The maximum atomic E-state index is 6.18. The largest absolute Gasteiger partial charge is 0.376 e. The van der Waals surface area contributed by atoms with Gasteiger partial charge in [0.25, 0.3) is 0 Å². The highest BCUT2D eigenvalue weighted by molar-refractivity contribution is 7.11. The second kappa shape index (κ2) is 3.85. The molecule has 0 spiro atoms. The van der Waals surface area contributed by atoms with Gasteiger partial charge in [0.1, 0.15) is 5.01 Å². The maximum Gasteiger partial charge on any atom is 0.113 e. The van der Waals surface area contributed by atoms with Gasteiger partial charge in [0, 0.05) is 11.5 Å². The van der Waals surface area contributed by atoms with Crippen LogP contribution in [0.1, 0.15) is 40.9 Å². The summed E-state index contributed by atoms with van der Waals surface area (Å²) in [5.74, 6) is 0. The van der Waals surface area contributed by atoms with Crippen LogP contribution in [0.3, 0.4) is 0 Å². The molecule has 0 aromatic carbocycles. The summed E-state index contributed by atoms with van der Waals surface area (Å²) in [5, 5.41) is 1.09. The Morgan fingerprint density at radius 2 is 2.33 bits per heavy atom. The average Bonchev–Trinajstić information content (AvgIpc) is 2.92. The lowest BCUT2D eigenvalue weighted by Crippen LogP contribution is -2.25. The zero-order valence-electron chi connectivity index (χ0n) is 8.74. The first-order chi connectivity index (χ1) is 7.34. The molecule has 1 aliphatic heterocycles. The number of nitrogens with zero attached hydrogens (tertiary/aromatic N) is 1. The monoisotopic (exact) mass is 224 g/mol. The average molecular weight is 224 g/mol. The summed E-state index contributed by atoms with van der Waals surface area (Å²) in [7, 11) is 0. The van der Waals surface area contributed by atoms with Crippen molar-refractivity contribution < 1.29 is 4.74 Å². The Hall–Kier alpha value is -0.450. The third-order valence-electron chi connectivity index (χ3n) is 3.26. The predicted molar refractivity (Wildman–Crippen MR) is 60.0 cm³/mol. The molecule has 1 aromatic heterocycles. The summed E-state index contributed by atoms with van der Waals surface area (Å²) in [6.07, 6.45) is 6.05. The van der Waals surface area contributed by atoms with Crippen LogP contribution in [0.4, 0.5) is 0 Å². The van der Waals surface area contributed by atoms with Crippen LogP contribution in [0.15, 0.2) is 0 Å². The Kier molecular flexibility index (Phi) is 2.50. The van der Waals surface area contributed by atoms with E-state index in [9.17, 15) is 0 Å². The lowest BCUT2D eigenvalue weighted by atomic mass is 10.1. The third-order valence-corrected chi connectivity index (χ3v) is 4.52. The number of nitrogens with two attached hydrogens (primary N) is 1. The third kappa shape index (κ3) is 1.71. The highest BCUT2D eigenvalue weighted by atomic mass is 32.1. The van der Waals surface area contributed by atoms with Gasteiger partial charge in [0.15, 0.2) is 0 Å². The van der Waals surface area contributed by atoms with Crippen LogP contribution in [0.2, 0.25) is 0 Å². The smallest absolute Gasteiger partial charge is 0.113 e. The van der Waals surface area contributed by atoms with E-state index in [1.807, 2.05) is 0 Å². The molecule has 0 saturated carbocycles. The summed E-state index contributed by atoms with van der Waals surface area (Å²) >= 11 is 1.80. The van der Waals surface area contributed by atoms with Crippen molar-refractivity contribution in [1.82, 2.24) is 4.98 Å². The molecule has 0 amide bonds. The molecule has 3 rings (SSSR count). The molecule has 1 aromatic rings. The predicted octanol–water partition coefficient (Wildman–Crippen LogP) is 1.81. The fourth-order valence-electron chi connectivity index (χ4n) is 2.40. The van der Waals surface area contributed by atoms with Crippen molar-refractivity contribution >= 4 is 11.3 Å². The Balaban J connectivity index is 1.79. The first-order valence-corrected chi connectivity index (χ1v) is 6.52. The molecule has 2 aliphatic rings. The first kappa shape index (κ1) is 9.75. The molecule has 2 N–H and O–H groups in total. The van der Waals surface area contributed by atoms with E-state index >= 15 is 0 Å². The van der Waals surface area contributed by atoms with E-state index in [-0.39, 0.29) is 12.1 Å². The van der Waals surface area contributed by atoms with Gasteiger partial charge < -0.3 is 10.5 Å². The second-order valence-corrected chi connectivity index (χ2v) is 5.47. The number of rotatable bonds is 2. The van der Waals surface area contributed by atoms with E-state index in [2.05, 4.69) is 4.98 Å². The normalized spacial score (nSPS) is 26.9. The molecule has 0 radical (unpaired) electrons. The number of aromatic nitrogens is 1. The highest BCUT2D eigenvalue weighted by Crippen LogP contribution is 2.33. The van der Waals surface area contributed by atoms with Crippen LogP contribution in [0, 0.1) is 0 Å². The number of thiazole rings is 1. The molecule has 2 unspecified atom stereocenters. The van der Waals surface area contributed by atoms with Crippen LogP contribution in [-0.4, -0.2) is 17.7 Å². The van der Waals surface area contributed by atoms with Gasteiger partial charge in [-0.15, -0.1) is 11.3 Å². The molecule has 15 heavy (non-hydrogen) atoms. The minimum atomic E-state index is 0.00287. The van der Waals surface area contributed by atoms with Crippen molar-refractivity contribution in [2.75, 3.05) is 6.61 Å². The summed E-state index contributed by atoms with van der Waals surface area (Å²) in [4.78, 5) is 6.11. The van der Waals surface area contributed by atoms with E-state index in [1.54, 1.807) is 11.3 Å². The van der Waals surface area contributed by atoms with E-state index in [1.165, 1.54) is 23.4 Å². The lowest BCUT2D eigenvalue weighted by Gasteiger charge is -2.15. The van der Waals surface area contributed by atoms with Crippen molar-refractivity contribution in [3.05, 3.63) is 15.6 Å². The number of hydrogen-bond donors (Lipinski definition) is 1. The first-order valence-electron chi connectivity index (χ1n) is 5.70. The molecule has 4 heteroatoms. The van der Waals surface area contributed by atoms with E-state index in [0.29, 0.717) is 0 Å². The Morgan fingerprint density at radius 1 is 1.40 bits per heavy atom. The van der Waals surface area contributed by atoms with E-state index in [0.717, 1.165) is 30.9 Å². The van der Waals surface area contributed by atoms with E-state index < -0.39 is 0 Å². The van der Waals surface area contributed by atoms with Crippen LogP contribution < -0.4 is 5.73 Å². The fraction of sp³-hybridized carbons (Fsp3) is 0.727. The molecule has 1 fully saturated rings. The highest BCUT2D eigenvalue weighted by Gasteiger charge is 2.28. The van der Waals surface area contributed by atoms with Crippen molar-refractivity contribution in [3.63, 3.8) is 0 Å². The van der Waals surface area contributed by atoms with Gasteiger partial charge in [-0.25, -0.2) is 4.98 Å². The number of ether oxygens (including phenoxy) is 1. The number of hydrogen-bond acceptors (Lipinski definition) is 4. The topological polar surface area (TPSA) is 48.1 Å². The standard InChI is InChI=1S/C11H16N2OS/c12-10(8-4-2-6-14-8)11-13-7-3-1-5-9(7)15-11/h8,10H,1-6,12H2. The second-order valence-electron chi connectivity index (χ2n) is 4.35. The minimum absolute atomic E-state index is 0.00287. The number of fused-ring (bicyclic) bond motifs is 1. The summed E-state index contributed by atoms with van der Waals surface area (Å²) < 4.78 is 5.61. The molecular weight excluding hydrogens is 208 g/mol. The quantitative estimate of drug-likeness (QED) is 0.833. The zero-order chi connectivity index (χ0) is 10.3. The molecule has 1 saturated heterocycles. The Morgan fingerprint density at radius 3 is 3.07 bits per heavy atom. The molecule has 1 aliphatic carbocycles. The lowest BCUT2D eigenvalue weighted by molar-refractivity contribution is 0.0899. The molecule has 82 valence electrons. The molecule has 0 bridgehead atoms. The van der Waals surface area contributed by atoms with Gasteiger partial charge in [-0.1, -0.05) is 0 Å². The van der Waals surface area contributed by atoms with Gasteiger partial charge >= 0.3 is 0 Å². The van der Waals surface area contributed by atoms with Gasteiger partial charge in [-0.3, -0.25) is 0 Å². The van der Waals surface area contributed by atoms with Crippen molar-refractivity contribution in [2.24, 2.45) is 5.73 Å². The Bertz CT molecular complexity index is 336. The van der Waals surface area contributed by atoms with Crippen LogP contribution >= 0.6 is 11.3 Å². The summed E-state index contributed by atoms with van der Waals surface area (Å²) in [5.41, 5.74) is 7.48. The SMILES string of the molecule is NC(c1nc2c(s1)CCC2)C1CCCO1. The molecular formula is C11H16N2OS. The van der Waals surface area contributed by atoms with Crippen LogP contribution in [0.5, 0.6) is 0 Å². The van der Waals surface area contributed by atoms with Gasteiger partial charge in [0.05, 0.1) is 17.8 Å². The van der Waals surface area contributed by atoms with Crippen LogP contribution in [0.25, 0.3) is 0 Å². The van der Waals surface area contributed by atoms with Gasteiger partial charge in [-0.05, 0) is 32.1 Å². The van der Waals surface area contributed by atoms with E-state index in [4.69, 9.17) is 10.5 Å². The Labute approximate surface area is 93.7 Å². The van der Waals surface area contributed by atoms with Crippen molar-refractivity contribution in [2.45, 2.75) is 44.2 Å². The summed E-state index contributed by atoms with van der Waals surface area (Å²) in [6, 6.07) is 0.00287. The molecule has 2 heterocycles. The summed E-state index contributed by atoms with van der Waals surface area (Å²) in [6.45, 7) is 0.865. The molecule has 3 nitrogen and oxygen atoms in total. The number of aryl methyl sites for hydroxylation is 2. The molecule has 2 atom stereocenters. The van der Waals surface area contributed by atoms with Crippen LogP contribution in [-0.2, 0) is 17.6 Å². The fourth-order valence-corrected chi connectivity index (χ4v) is 3.61. The zero-order valence-corrected chi connectivity index (χ0v) is 9.55. The van der Waals surface area contributed by atoms with Gasteiger partial charge in [0.2, 0.25) is 0 Å². The van der Waals surface area contributed by atoms with Gasteiger partial charge in [-0.2, -0.15) is 0 Å². The maximum absolute atomic E-state index is 6.18. The van der Waals surface area contributed by atoms with Crippen molar-refractivity contribution in [3.8, 4) is 0 Å².